The second kappa shape index (κ2) is 6.92. The van der Waals surface area contributed by atoms with E-state index in [0.29, 0.717) is 22.7 Å². The summed E-state index contributed by atoms with van der Waals surface area (Å²) in [5.41, 5.74) is 1.74. The highest BCUT2D eigenvalue weighted by Gasteiger charge is 2.29. The van der Waals surface area contributed by atoms with Gasteiger partial charge in [0.25, 0.3) is 5.91 Å². The lowest BCUT2D eigenvalue weighted by Gasteiger charge is -2.15. The molecule has 25 heavy (non-hydrogen) atoms. The maximum absolute atomic E-state index is 12.7. The lowest BCUT2D eigenvalue weighted by Crippen LogP contribution is -2.26. The average Bonchev–Trinajstić information content (AvgIpc) is 2.98. The molecule has 0 spiro atoms. The van der Waals surface area contributed by atoms with Crippen molar-refractivity contribution >= 4 is 11.9 Å². The van der Waals surface area contributed by atoms with Crippen LogP contribution in [0.5, 0.6) is 5.75 Å². The number of nitrogens with zero attached hydrogens (tertiary/aromatic N) is 3. The topological polar surface area (TPSA) is 73.7 Å². The highest BCUT2D eigenvalue weighted by Crippen LogP contribution is 2.28. The minimum absolute atomic E-state index is 0.0772. The van der Waals surface area contributed by atoms with Crippen molar-refractivity contribution in [2.75, 3.05) is 26.9 Å². The van der Waals surface area contributed by atoms with E-state index in [0.717, 1.165) is 0 Å². The van der Waals surface area contributed by atoms with Crippen LogP contribution >= 0.6 is 0 Å². The van der Waals surface area contributed by atoms with E-state index in [1.54, 1.807) is 36.7 Å². The number of benzene rings is 1. The van der Waals surface area contributed by atoms with Gasteiger partial charge in [-0.05, 0) is 25.1 Å². The molecular formula is C17H18FN3O4. The van der Waals surface area contributed by atoms with Crippen molar-refractivity contribution in [1.82, 2.24) is 14.5 Å². The summed E-state index contributed by atoms with van der Waals surface area (Å²) in [6.07, 6.45) is 1.49. The van der Waals surface area contributed by atoms with Crippen LogP contribution in [0, 0.1) is 0 Å². The Hall–Kier alpha value is -2.90. The molecule has 2 heterocycles. The molecule has 0 bridgehead atoms. The van der Waals surface area contributed by atoms with Gasteiger partial charge in [0.2, 0.25) is 0 Å². The van der Waals surface area contributed by atoms with Gasteiger partial charge in [-0.25, -0.2) is 14.2 Å². The first-order valence-corrected chi connectivity index (χ1v) is 7.88. The molecule has 1 aliphatic heterocycles. The second-order valence-corrected chi connectivity index (χ2v) is 5.51. The Kier molecular flexibility index (Phi) is 4.69. The largest absolute Gasteiger partial charge is 0.491 e. The molecule has 1 aromatic heterocycles. The molecule has 0 aliphatic carbocycles. The number of hydrogen-bond acceptors (Lipinski definition) is 5. The SMILES string of the molecule is CCOC(=O)c1ncn2c1CN(C)C(=O)c1cc(OCC[18F])ccc1-2. The summed E-state index contributed by atoms with van der Waals surface area (Å²) >= 11 is 0. The highest BCUT2D eigenvalue weighted by atomic mass is 18.2. The first-order valence-electron chi connectivity index (χ1n) is 7.88. The summed E-state index contributed by atoms with van der Waals surface area (Å²) in [5, 5.41) is 0. The van der Waals surface area contributed by atoms with Crippen LogP contribution in [0.15, 0.2) is 24.5 Å². The Balaban J connectivity index is 2.09. The van der Waals surface area contributed by atoms with Gasteiger partial charge in [-0.3, -0.25) is 9.36 Å². The lowest BCUT2D eigenvalue weighted by atomic mass is 10.1. The summed E-state index contributed by atoms with van der Waals surface area (Å²) < 4.78 is 24.3. The summed E-state index contributed by atoms with van der Waals surface area (Å²) in [7, 11) is 1.64. The normalized spacial score (nSPS) is 13.1. The van der Waals surface area contributed by atoms with Gasteiger partial charge < -0.3 is 14.4 Å². The number of halogens is 1. The summed E-state index contributed by atoms with van der Waals surface area (Å²) in [6, 6.07) is 4.92. The van der Waals surface area contributed by atoms with E-state index in [9.17, 15) is 14.0 Å². The molecule has 1 amide bonds. The Bertz CT molecular complexity index is 818. The molecule has 3 rings (SSSR count). The highest BCUT2D eigenvalue weighted by molar-refractivity contribution is 5.99. The molecule has 1 aliphatic rings. The van der Waals surface area contributed by atoms with Gasteiger partial charge in [-0.15, -0.1) is 0 Å². The van der Waals surface area contributed by atoms with E-state index in [-0.39, 0.29) is 31.4 Å². The summed E-state index contributed by atoms with van der Waals surface area (Å²) in [6.45, 7) is 1.48. The van der Waals surface area contributed by atoms with Gasteiger partial charge >= 0.3 is 5.97 Å². The van der Waals surface area contributed by atoms with Crippen LogP contribution in [0.1, 0.15) is 33.5 Å². The van der Waals surface area contributed by atoms with Crippen LogP contribution in [-0.2, 0) is 11.3 Å². The van der Waals surface area contributed by atoms with Crippen molar-refractivity contribution in [3.8, 4) is 11.4 Å². The van der Waals surface area contributed by atoms with E-state index in [2.05, 4.69) is 4.98 Å². The molecule has 0 unspecified atom stereocenters. The van der Waals surface area contributed by atoms with Gasteiger partial charge in [0.1, 0.15) is 25.4 Å². The lowest BCUT2D eigenvalue weighted by molar-refractivity contribution is 0.0516. The molecule has 0 N–H and O–H groups in total. The van der Waals surface area contributed by atoms with Crippen molar-refractivity contribution in [1.29, 1.82) is 0 Å². The fourth-order valence-corrected chi connectivity index (χ4v) is 2.75. The van der Waals surface area contributed by atoms with Crippen molar-refractivity contribution in [3.05, 3.63) is 41.5 Å². The molecule has 0 fully saturated rings. The maximum Gasteiger partial charge on any atom is 0.358 e. The van der Waals surface area contributed by atoms with Gasteiger partial charge in [0, 0.05) is 7.05 Å². The second-order valence-electron chi connectivity index (χ2n) is 5.51. The number of esters is 1. The standard InChI is InChI=1S/C17H18FN3O4/c1-3-24-17(23)15-14-9-20(2)16(22)12-8-11(25-7-6-18)4-5-13(12)21(14)10-19-15/h4-5,8,10H,3,6-7,9H2,1-2H3/i18-1. The van der Waals surface area contributed by atoms with E-state index in [4.69, 9.17) is 9.47 Å². The fourth-order valence-electron chi connectivity index (χ4n) is 2.75. The first-order chi connectivity index (χ1) is 12.1. The van der Waals surface area contributed by atoms with Crippen LogP contribution in [0.25, 0.3) is 5.69 Å². The van der Waals surface area contributed by atoms with Crippen molar-refractivity contribution in [2.24, 2.45) is 0 Å². The number of fused-ring (bicyclic) bond motifs is 3. The summed E-state index contributed by atoms with van der Waals surface area (Å²) in [4.78, 5) is 30.4. The van der Waals surface area contributed by atoms with Gasteiger partial charge in [0.05, 0.1) is 30.1 Å². The predicted molar refractivity (Wildman–Crippen MR) is 86.8 cm³/mol. The molecule has 132 valence electrons. The van der Waals surface area contributed by atoms with Gasteiger partial charge in [0.15, 0.2) is 5.69 Å². The Labute approximate surface area is 144 Å². The predicted octanol–water partition coefficient (Wildman–Crippen LogP) is 1.98. The van der Waals surface area contributed by atoms with Crippen molar-refractivity contribution in [3.63, 3.8) is 0 Å². The molecule has 7 nitrogen and oxygen atoms in total. The molecule has 1 aromatic carbocycles. The van der Waals surface area contributed by atoms with Crippen LogP contribution < -0.4 is 4.74 Å². The molecule has 0 radical (unpaired) electrons. The van der Waals surface area contributed by atoms with E-state index < -0.39 is 12.6 Å². The van der Waals surface area contributed by atoms with E-state index in [1.807, 2.05) is 0 Å². The molecule has 8 heteroatoms. The first kappa shape index (κ1) is 16.9. The van der Waals surface area contributed by atoms with Crippen molar-refractivity contribution < 1.29 is 23.5 Å². The maximum atomic E-state index is 12.7. The quantitative estimate of drug-likeness (QED) is 0.774. The van der Waals surface area contributed by atoms with Crippen LogP contribution in [0.2, 0.25) is 0 Å². The molecule has 2 aromatic rings. The third-order valence-corrected chi connectivity index (χ3v) is 3.87. The number of carbonyl (C=O) groups excluding carboxylic acids is 2. The fraction of sp³-hybridized carbons (Fsp3) is 0.353. The smallest absolute Gasteiger partial charge is 0.358 e. The Morgan fingerprint density at radius 1 is 1.40 bits per heavy atom. The van der Waals surface area contributed by atoms with Crippen molar-refractivity contribution in [2.45, 2.75) is 13.5 Å². The zero-order chi connectivity index (χ0) is 18.0. The third kappa shape index (κ3) is 3.07. The minimum Gasteiger partial charge on any atom is -0.491 e. The number of carbonyl (C=O) groups is 2. The number of imidazole rings is 1. The van der Waals surface area contributed by atoms with Crippen LogP contribution in [-0.4, -0.2) is 53.3 Å². The van der Waals surface area contributed by atoms with E-state index >= 15 is 0 Å². The molecule has 0 saturated heterocycles. The number of amides is 1. The van der Waals surface area contributed by atoms with Crippen LogP contribution in [0.3, 0.4) is 0 Å². The minimum atomic E-state index is -0.612. The summed E-state index contributed by atoms with van der Waals surface area (Å²) in [5.74, 6) is -0.338. The number of rotatable bonds is 5. The third-order valence-electron chi connectivity index (χ3n) is 3.87. The average molecular weight is 346 g/mol. The number of alkyl halides is 1. The molecule has 0 saturated carbocycles. The Morgan fingerprint density at radius 2 is 2.20 bits per heavy atom. The monoisotopic (exact) mass is 346 g/mol. The molecule has 0 atom stereocenters. The zero-order valence-corrected chi connectivity index (χ0v) is 14.0. The number of hydrogen-bond donors (Lipinski definition) is 0. The van der Waals surface area contributed by atoms with E-state index in [1.165, 1.54) is 11.2 Å². The number of ether oxygens (including phenoxy) is 2. The van der Waals surface area contributed by atoms with Gasteiger partial charge in [-0.2, -0.15) is 0 Å². The zero-order valence-electron chi connectivity index (χ0n) is 14.0. The number of aromatic nitrogens is 2. The Morgan fingerprint density at radius 3 is 2.92 bits per heavy atom. The molecular weight excluding hydrogens is 328 g/mol. The van der Waals surface area contributed by atoms with Gasteiger partial charge in [-0.1, -0.05) is 0 Å². The van der Waals surface area contributed by atoms with Crippen LogP contribution in [0.4, 0.5) is 4.39 Å².